The van der Waals surface area contributed by atoms with Crippen molar-refractivity contribution >= 4 is 60.8 Å². The minimum absolute atomic E-state index is 0. The molecule has 0 bridgehead atoms. The third kappa shape index (κ3) is 3.53. The predicted octanol–water partition coefficient (Wildman–Crippen LogP) is 0.167. The molecule has 0 saturated heterocycles. The van der Waals surface area contributed by atoms with Gasteiger partial charge in [-0.1, -0.05) is 6.07 Å². The van der Waals surface area contributed by atoms with Crippen LogP contribution in [0.3, 0.4) is 0 Å². The van der Waals surface area contributed by atoms with Gasteiger partial charge in [0.25, 0.3) is 0 Å². The maximum atomic E-state index is 10.4. The van der Waals surface area contributed by atoms with Crippen LogP contribution in [0, 0.1) is 0 Å². The molecule has 4 nitrogen and oxygen atoms in total. The Morgan fingerprint density at radius 3 is 1.69 bits per heavy atom. The molecule has 0 saturated carbocycles. The van der Waals surface area contributed by atoms with E-state index in [1.807, 2.05) is 0 Å². The second-order valence-corrected chi connectivity index (χ2v) is 2.19. The molecule has 5 heteroatoms. The third-order valence-electron chi connectivity index (χ3n) is 1.36. The Bertz CT molecular complexity index is 305. The van der Waals surface area contributed by atoms with Crippen molar-refractivity contribution in [3.63, 3.8) is 0 Å². The molecule has 0 aliphatic carbocycles. The van der Waals surface area contributed by atoms with Gasteiger partial charge in [-0.25, -0.2) is 9.59 Å². The number of benzene rings is 1. The molecule has 0 aliphatic rings. The van der Waals surface area contributed by atoms with Gasteiger partial charge in [0.15, 0.2) is 0 Å². The summed E-state index contributed by atoms with van der Waals surface area (Å²) in [5.74, 6) is -2.25. The summed E-state index contributed by atoms with van der Waals surface area (Å²) < 4.78 is 0. The standard InChI is InChI=1S/C8H6O4.Ba.2H/c9-7(10)5-2-1-3-6(4-5)8(11)12;;;/h1-4H,(H,9,10)(H,11,12);;;. The van der Waals surface area contributed by atoms with E-state index in [9.17, 15) is 9.59 Å². The average Bonchev–Trinajstić information content (AvgIpc) is 2.04. The van der Waals surface area contributed by atoms with Crippen molar-refractivity contribution < 1.29 is 19.8 Å². The molecule has 0 heterocycles. The molecule has 0 atom stereocenters. The summed E-state index contributed by atoms with van der Waals surface area (Å²) in [6, 6.07) is 5.20. The van der Waals surface area contributed by atoms with Crippen molar-refractivity contribution in [2.24, 2.45) is 0 Å². The predicted molar refractivity (Wildman–Crippen MR) is 48.9 cm³/mol. The summed E-state index contributed by atoms with van der Waals surface area (Å²) in [6.45, 7) is 0. The number of carboxylic acid groups (broad SMARTS) is 2. The zero-order chi connectivity index (χ0) is 9.14. The molecular weight excluding hydrogens is 297 g/mol. The van der Waals surface area contributed by atoms with Crippen molar-refractivity contribution in [1.82, 2.24) is 0 Å². The molecule has 0 fully saturated rings. The monoisotopic (exact) mass is 306 g/mol. The Kier molecular flexibility index (Phi) is 5.35. The van der Waals surface area contributed by atoms with Crippen LogP contribution in [0.15, 0.2) is 24.3 Å². The summed E-state index contributed by atoms with van der Waals surface area (Å²) >= 11 is 0. The number of carbonyl (C=O) groups is 2. The Morgan fingerprint density at radius 1 is 1.00 bits per heavy atom. The molecule has 2 N–H and O–H groups in total. The maximum absolute atomic E-state index is 10.4. The van der Waals surface area contributed by atoms with Gasteiger partial charge in [-0.05, 0) is 18.2 Å². The quantitative estimate of drug-likeness (QED) is 0.764. The molecule has 0 radical (unpaired) electrons. The number of carboxylic acids is 2. The summed E-state index contributed by atoms with van der Waals surface area (Å²) in [5.41, 5.74) is -0.0372. The van der Waals surface area contributed by atoms with Crippen LogP contribution >= 0.6 is 0 Å². The van der Waals surface area contributed by atoms with Crippen molar-refractivity contribution in [2.75, 3.05) is 0 Å². The van der Waals surface area contributed by atoms with Gasteiger partial charge in [-0.3, -0.25) is 0 Å². The Balaban J connectivity index is 0.00000144. The minimum atomic E-state index is -1.13. The van der Waals surface area contributed by atoms with Crippen molar-refractivity contribution in [2.45, 2.75) is 0 Å². The number of rotatable bonds is 2. The summed E-state index contributed by atoms with van der Waals surface area (Å²) in [7, 11) is 0. The van der Waals surface area contributed by atoms with Crippen LogP contribution in [0.4, 0.5) is 0 Å². The molecule has 1 aromatic rings. The second-order valence-electron chi connectivity index (χ2n) is 2.19. The molecule has 0 amide bonds. The van der Waals surface area contributed by atoms with Gasteiger partial charge in [0.1, 0.15) is 0 Å². The first-order chi connectivity index (χ1) is 5.61. The molecule has 1 aromatic carbocycles. The first-order valence-electron chi connectivity index (χ1n) is 3.18. The molecule has 0 unspecified atom stereocenters. The second kappa shape index (κ2) is 5.46. The van der Waals surface area contributed by atoms with Gasteiger partial charge in [0.05, 0.1) is 11.1 Å². The van der Waals surface area contributed by atoms with E-state index in [-0.39, 0.29) is 60.0 Å². The summed E-state index contributed by atoms with van der Waals surface area (Å²) in [4.78, 5) is 20.8. The molecule has 0 aliphatic heterocycles. The first kappa shape index (κ1) is 12.7. The van der Waals surface area contributed by atoms with E-state index in [1.54, 1.807) is 0 Å². The van der Waals surface area contributed by atoms with Crippen LogP contribution < -0.4 is 0 Å². The zero-order valence-electron chi connectivity index (χ0n) is 6.02. The van der Waals surface area contributed by atoms with Crippen LogP contribution in [0.25, 0.3) is 0 Å². The molecule has 1 rings (SSSR count). The van der Waals surface area contributed by atoms with Crippen molar-refractivity contribution in [3.8, 4) is 0 Å². The van der Waals surface area contributed by atoms with Gasteiger partial charge in [0, 0.05) is 0 Å². The molecular formula is C8H8BaO4. The van der Waals surface area contributed by atoms with Gasteiger partial charge in [-0.15, -0.1) is 0 Å². The fourth-order valence-corrected chi connectivity index (χ4v) is 0.785. The van der Waals surface area contributed by atoms with Crippen LogP contribution in [0.5, 0.6) is 0 Å². The van der Waals surface area contributed by atoms with Crippen LogP contribution in [-0.2, 0) is 0 Å². The molecule has 13 heavy (non-hydrogen) atoms. The van der Waals surface area contributed by atoms with Gasteiger partial charge in [-0.2, -0.15) is 0 Å². The Morgan fingerprint density at radius 2 is 1.38 bits per heavy atom. The van der Waals surface area contributed by atoms with E-state index in [4.69, 9.17) is 10.2 Å². The van der Waals surface area contributed by atoms with Gasteiger partial charge >= 0.3 is 60.8 Å². The fourth-order valence-electron chi connectivity index (χ4n) is 0.785. The molecule has 0 aromatic heterocycles. The molecule has 66 valence electrons. The number of aromatic carboxylic acids is 2. The third-order valence-corrected chi connectivity index (χ3v) is 1.36. The van der Waals surface area contributed by atoms with Crippen molar-refractivity contribution in [1.29, 1.82) is 0 Å². The van der Waals surface area contributed by atoms with Crippen LogP contribution in [0.1, 0.15) is 20.7 Å². The summed E-state index contributed by atoms with van der Waals surface area (Å²) in [6.07, 6.45) is 0. The average molecular weight is 305 g/mol. The number of hydrogen-bond donors (Lipinski definition) is 2. The topological polar surface area (TPSA) is 74.6 Å². The first-order valence-corrected chi connectivity index (χ1v) is 3.18. The van der Waals surface area contributed by atoms with E-state index < -0.39 is 11.9 Å². The van der Waals surface area contributed by atoms with Crippen LogP contribution in [-0.4, -0.2) is 71.0 Å². The van der Waals surface area contributed by atoms with Gasteiger partial charge < -0.3 is 10.2 Å². The van der Waals surface area contributed by atoms with E-state index in [0.717, 1.165) is 6.07 Å². The van der Waals surface area contributed by atoms with Crippen molar-refractivity contribution in [3.05, 3.63) is 35.4 Å². The zero-order valence-corrected chi connectivity index (χ0v) is 6.02. The fraction of sp³-hybridized carbons (Fsp3) is 0. The molecule has 0 spiro atoms. The van der Waals surface area contributed by atoms with Gasteiger partial charge in [0.2, 0.25) is 0 Å². The number of hydrogen-bond acceptors (Lipinski definition) is 2. The van der Waals surface area contributed by atoms with E-state index in [0.29, 0.717) is 0 Å². The van der Waals surface area contributed by atoms with E-state index in [1.165, 1.54) is 18.2 Å². The van der Waals surface area contributed by atoms with E-state index in [2.05, 4.69) is 0 Å². The van der Waals surface area contributed by atoms with Crippen LogP contribution in [0.2, 0.25) is 0 Å². The Hall–Kier alpha value is -0.269. The summed E-state index contributed by atoms with van der Waals surface area (Å²) in [5, 5.41) is 17.0. The Labute approximate surface area is 115 Å². The SMILES string of the molecule is O=C(O)c1cccc(C(=O)O)c1.[BaH2]. The van der Waals surface area contributed by atoms with E-state index >= 15 is 0 Å². The normalized spacial score (nSPS) is 8.62.